The number of ether oxygens (including phenoxy) is 1. The van der Waals surface area contributed by atoms with E-state index in [-0.39, 0.29) is 12.2 Å². The van der Waals surface area contributed by atoms with E-state index in [0.717, 1.165) is 31.5 Å². The van der Waals surface area contributed by atoms with Gasteiger partial charge in [-0.2, -0.15) is 0 Å². The van der Waals surface area contributed by atoms with Crippen LogP contribution in [0.2, 0.25) is 0 Å². The van der Waals surface area contributed by atoms with E-state index in [1.54, 1.807) is 0 Å². The van der Waals surface area contributed by atoms with Crippen molar-refractivity contribution in [1.29, 1.82) is 0 Å². The summed E-state index contributed by atoms with van der Waals surface area (Å²) < 4.78 is 5.36. The highest BCUT2D eigenvalue weighted by Gasteiger charge is 2.09. The quantitative estimate of drug-likeness (QED) is 0.534. The summed E-state index contributed by atoms with van der Waals surface area (Å²) >= 11 is 0. The number of anilines is 1. The highest BCUT2D eigenvalue weighted by molar-refractivity contribution is 6.39. The summed E-state index contributed by atoms with van der Waals surface area (Å²) in [6.07, 6.45) is -0.255. The lowest BCUT2D eigenvalue weighted by Gasteiger charge is -2.17. The number of para-hydroxylation sites is 2. The molecule has 0 aromatic heterocycles. The number of carbonyl (C=O) groups excluding carboxylic acids is 3. The zero-order valence-corrected chi connectivity index (χ0v) is 19.1. The van der Waals surface area contributed by atoms with E-state index in [0.29, 0.717) is 0 Å². The first-order chi connectivity index (χ1) is 13.0. The standard InChI is InChI=1S/C8H9NO.C6H8O3.4C2H6/c1-2-4-8-7(3-1)9-5-6-10-8;1-4(7)3-6(9)5(2)8;4*1-2/h1-4,9H,5-6H2;3H2,1-2H3;4*1-2H3. The smallest absolute Gasteiger partial charge is 0.205 e. The van der Waals surface area contributed by atoms with Crippen LogP contribution < -0.4 is 10.1 Å². The molecule has 5 heteroatoms. The van der Waals surface area contributed by atoms with Gasteiger partial charge < -0.3 is 10.1 Å². The number of fused-ring (bicyclic) bond motifs is 1. The van der Waals surface area contributed by atoms with Gasteiger partial charge >= 0.3 is 0 Å². The van der Waals surface area contributed by atoms with Crippen molar-refractivity contribution in [2.75, 3.05) is 18.5 Å². The molecule has 0 fully saturated rings. The first-order valence-electron chi connectivity index (χ1n) is 9.99. The molecule has 1 heterocycles. The summed E-state index contributed by atoms with van der Waals surface area (Å²) in [5, 5.41) is 3.24. The number of Topliss-reactive ketones (excluding diaryl/α,β-unsaturated/α-hetero) is 3. The van der Waals surface area contributed by atoms with E-state index < -0.39 is 11.6 Å². The van der Waals surface area contributed by atoms with Crippen molar-refractivity contribution >= 4 is 23.0 Å². The lowest BCUT2D eigenvalue weighted by molar-refractivity contribution is -0.137. The highest BCUT2D eigenvalue weighted by atomic mass is 16.5. The minimum absolute atomic E-state index is 0.255. The number of nitrogens with one attached hydrogen (secondary N) is 1. The number of ketones is 3. The molecular weight excluding hydrogens is 342 g/mol. The maximum Gasteiger partial charge on any atom is 0.205 e. The van der Waals surface area contributed by atoms with Crippen molar-refractivity contribution < 1.29 is 19.1 Å². The molecule has 0 bridgehead atoms. The van der Waals surface area contributed by atoms with E-state index in [1.807, 2.05) is 79.7 Å². The first-order valence-corrected chi connectivity index (χ1v) is 9.99. The van der Waals surface area contributed by atoms with Crippen LogP contribution in [0.25, 0.3) is 0 Å². The fraction of sp³-hybridized carbons (Fsp3) is 0.591. The van der Waals surface area contributed by atoms with Crippen LogP contribution in [0, 0.1) is 0 Å². The Hall–Kier alpha value is -2.17. The third-order valence-corrected chi connectivity index (χ3v) is 2.36. The fourth-order valence-corrected chi connectivity index (χ4v) is 1.44. The molecule has 0 saturated heterocycles. The van der Waals surface area contributed by atoms with Crippen LogP contribution in [0.3, 0.4) is 0 Å². The lowest BCUT2D eigenvalue weighted by atomic mass is 10.2. The van der Waals surface area contributed by atoms with E-state index in [2.05, 4.69) is 5.32 Å². The van der Waals surface area contributed by atoms with Crippen molar-refractivity contribution in [1.82, 2.24) is 0 Å². The van der Waals surface area contributed by atoms with Gasteiger partial charge in [0.05, 0.1) is 12.1 Å². The highest BCUT2D eigenvalue weighted by Crippen LogP contribution is 2.25. The molecule has 5 nitrogen and oxygen atoms in total. The number of hydrogen-bond donors (Lipinski definition) is 1. The molecule has 0 aliphatic carbocycles. The second kappa shape index (κ2) is 26.1. The molecule has 2 rings (SSSR count). The Morgan fingerprint density at radius 3 is 1.74 bits per heavy atom. The topological polar surface area (TPSA) is 72.5 Å². The monoisotopic (exact) mass is 383 g/mol. The number of benzene rings is 1. The van der Waals surface area contributed by atoms with Gasteiger partial charge in [-0.15, -0.1) is 0 Å². The number of rotatable bonds is 3. The minimum Gasteiger partial charge on any atom is -0.490 e. The third kappa shape index (κ3) is 20.0. The number of carbonyl (C=O) groups is 3. The van der Waals surface area contributed by atoms with Crippen LogP contribution in [0.5, 0.6) is 5.75 Å². The summed E-state index contributed by atoms with van der Waals surface area (Å²) in [5.74, 6) is -0.461. The predicted molar refractivity (Wildman–Crippen MR) is 117 cm³/mol. The van der Waals surface area contributed by atoms with E-state index in [1.165, 1.54) is 6.92 Å². The maximum atomic E-state index is 10.4. The van der Waals surface area contributed by atoms with E-state index >= 15 is 0 Å². The Balaban J connectivity index is -0.000000144. The van der Waals surface area contributed by atoms with Gasteiger partial charge in [-0.1, -0.05) is 67.5 Å². The predicted octanol–water partition coefficient (Wildman–Crippen LogP) is 5.72. The molecule has 1 aliphatic heterocycles. The van der Waals surface area contributed by atoms with Gasteiger partial charge in [-0.05, 0) is 19.1 Å². The Morgan fingerprint density at radius 1 is 0.889 bits per heavy atom. The van der Waals surface area contributed by atoms with Gasteiger partial charge in [0.2, 0.25) is 5.78 Å². The van der Waals surface area contributed by atoms with Crippen LogP contribution in [0.4, 0.5) is 5.69 Å². The molecule has 27 heavy (non-hydrogen) atoms. The van der Waals surface area contributed by atoms with Gasteiger partial charge in [0.1, 0.15) is 18.1 Å². The zero-order valence-electron chi connectivity index (χ0n) is 19.1. The van der Waals surface area contributed by atoms with Crippen LogP contribution >= 0.6 is 0 Å². The SMILES string of the molecule is CC.CC.CC.CC.CC(=O)CC(=O)C(C)=O.c1ccc2c(c1)NCCO2. The largest absolute Gasteiger partial charge is 0.490 e. The molecule has 1 aliphatic rings. The van der Waals surface area contributed by atoms with Gasteiger partial charge in [-0.3, -0.25) is 14.4 Å². The van der Waals surface area contributed by atoms with E-state index in [4.69, 9.17) is 4.74 Å². The molecule has 0 spiro atoms. The average Bonchev–Trinajstić information content (AvgIpc) is 2.74. The van der Waals surface area contributed by atoms with Crippen LogP contribution in [0.1, 0.15) is 75.7 Å². The molecule has 0 radical (unpaired) electrons. The number of hydrogen-bond acceptors (Lipinski definition) is 5. The Bertz CT molecular complexity index is 460. The van der Waals surface area contributed by atoms with Gasteiger partial charge in [-0.25, -0.2) is 0 Å². The maximum absolute atomic E-state index is 10.4. The van der Waals surface area contributed by atoms with Gasteiger partial charge in [0, 0.05) is 13.5 Å². The zero-order chi connectivity index (χ0) is 22.3. The fourth-order valence-electron chi connectivity index (χ4n) is 1.44. The second-order valence-electron chi connectivity index (χ2n) is 4.13. The van der Waals surface area contributed by atoms with Gasteiger partial charge in [0.15, 0.2) is 5.78 Å². The molecule has 0 amide bonds. The molecule has 1 aromatic carbocycles. The van der Waals surface area contributed by atoms with E-state index in [9.17, 15) is 14.4 Å². The van der Waals surface area contributed by atoms with Crippen LogP contribution in [-0.4, -0.2) is 30.5 Å². The molecule has 1 N–H and O–H groups in total. The Morgan fingerprint density at radius 2 is 1.37 bits per heavy atom. The first kappa shape index (κ1) is 32.5. The normalized spacial score (nSPS) is 9.26. The molecule has 158 valence electrons. The Kier molecular flexibility index (Phi) is 31.4. The third-order valence-electron chi connectivity index (χ3n) is 2.36. The van der Waals surface area contributed by atoms with Crippen molar-refractivity contribution in [3.05, 3.63) is 24.3 Å². The summed E-state index contributed by atoms with van der Waals surface area (Å²) in [4.78, 5) is 30.7. The van der Waals surface area contributed by atoms with Crippen molar-refractivity contribution in [2.24, 2.45) is 0 Å². The van der Waals surface area contributed by atoms with Crippen LogP contribution in [-0.2, 0) is 14.4 Å². The summed E-state index contributed by atoms with van der Waals surface area (Å²) in [7, 11) is 0. The molecule has 0 unspecified atom stereocenters. The average molecular weight is 384 g/mol. The lowest BCUT2D eigenvalue weighted by Crippen LogP contribution is -2.17. The molecule has 0 saturated carbocycles. The van der Waals surface area contributed by atoms with Crippen molar-refractivity contribution in [2.45, 2.75) is 75.7 Å². The molecular formula is C22H41NO4. The summed E-state index contributed by atoms with van der Waals surface area (Å²) in [5.41, 5.74) is 1.11. The van der Waals surface area contributed by atoms with Crippen LogP contribution in [0.15, 0.2) is 24.3 Å². The molecule has 1 aromatic rings. The van der Waals surface area contributed by atoms with Crippen molar-refractivity contribution in [3.8, 4) is 5.75 Å². The van der Waals surface area contributed by atoms with Crippen molar-refractivity contribution in [3.63, 3.8) is 0 Å². The minimum atomic E-state index is -0.609. The Labute approximate surface area is 166 Å². The van der Waals surface area contributed by atoms with Gasteiger partial charge in [0.25, 0.3) is 0 Å². The summed E-state index contributed by atoms with van der Waals surface area (Å²) in [6, 6.07) is 7.97. The molecule has 0 atom stereocenters. The summed E-state index contributed by atoms with van der Waals surface area (Å²) in [6.45, 7) is 20.1. The second-order valence-corrected chi connectivity index (χ2v) is 4.13.